The van der Waals surface area contributed by atoms with Gasteiger partial charge < -0.3 is 10.4 Å². The molecule has 20 heavy (non-hydrogen) atoms. The van der Waals surface area contributed by atoms with Crippen molar-refractivity contribution >= 4 is 5.97 Å². The van der Waals surface area contributed by atoms with E-state index in [0.717, 1.165) is 31.2 Å². The SMILES string of the molecule is C=CCCC(CCC)N[C@@H](Cc1ccccc1)C(=O)O. The van der Waals surface area contributed by atoms with Crippen LogP contribution in [-0.4, -0.2) is 23.2 Å². The summed E-state index contributed by atoms with van der Waals surface area (Å²) in [4.78, 5) is 11.4. The molecule has 0 aliphatic rings. The Hall–Kier alpha value is -1.61. The fourth-order valence-corrected chi connectivity index (χ4v) is 2.33. The maximum atomic E-state index is 11.4. The maximum Gasteiger partial charge on any atom is 0.321 e. The molecule has 0 spiro atoms. The number of nitrogens with one attached hydrogen (secondary N) is 1. The molecule has 0 saturated carbocycles. The number of benzene rings is 1. The van der Waals surface area contributed by atoms with Gasteiger partial charge in [0.05, 0.1) is 0 Å². The van der Waals surface area contributed by atoms with Crippen molar-refractivity contribution in [3.63, 3.8) is 0 Å². The van der Waals surface area contributed by atoms with Crippen LogP contribution >= 0.6 is 0 Å². The van der Waals surface area contributed by atoms with Gasteiger partial charge in [-0.3, -0.25) is 4.79 Å². The summed E-state index contributed by atoms with van der Waals surface area (Å²) < 4.78 is 0. The van der Waals surface area contributed by atoms with Gasteiger partial charge in [-0.15, -0.1) is 6.58 Å². The molecule has 0 aliphatic carbocycles. The fraction of sp³-hybridized carbons (Fsp3) is 0.471. The molecule has 2 atom stereocenters. The zero-order chi connectivity index (χ0) is 14.8. The third-order valence-electron chi connectivity index (χ3n) is 3.37. The van der Waals surface area contributed by atoms with Crippen LogP contribution in [0.1, 0.15) is 38.2 Å². The molecule has 1 unspecified atom stereocenters. The summed E-state index contributed by atoms with van der Waals surface area (Å²) in [6, 6.07) is 9.47. The highest BCUT2D eigenvalue weighted by molar-refractivity contribution is 5.74. The number of hydrogen-bond acceptors (Lipinski definition) is 2. The molecular weight excluding hydrogens is 250 g/mol. The molecule has 0 amide bonds. The number of carboxylic acids is 1. The first-order valence-corrected chi connectivity index (χ1v) is 7.31. The Kier molecular flexibility index (Phi) is 7.66. The van der Waals surface area contributed by atoms with E-state index in [9.17, 15) is 9.90 Å². The molecule has 0 heterocycles. The van der Waals surface area contributed by atoms with Crippen molar-refractivity contribution in [2.45, 2.75) is 51.1 Å². The molecule has 1 aromatic rings. The topological polar surface area (TPSA) is 49.3 Å². The fourth-order valence-electron chi connectivity index (χ4n) is 2.33. The van der Waals surface area contributed by atoms with Gasteiger partial charge in [0.15, 0.2) is 0 Å². The van der Waals surface area contributed by atoms with Crippen molar-refractivity contribution < 1.29 is 9.90 Å². The number of hydrogen-bond donors (Lipinski definition) is 2. The smallest absolute Gasteiger partial charge is 0.321 e. The zero-order valence-electron chi connectivity index (χ0n) is 12.2. The molecule has 3 heteroatoms. The number of rotatable bonds is 10. The maximum absolute atomic E-state index is 11.4. The van der Waals surface area contributed by atoms with Crippen molar-refractivity contribution in [3.05, 3.63) is 48.6 Å². The Morgan fingerprint density at radius 1 is 1.35 bits per heavy atom. The average Bonchev–Trinajstić information content (AvgIpc) is 2.45. The predicted octanol–water partition coefficient (Wildman–Crippen LogP) is 3.41. The van der Waals surface area contributed by atoms with Gasteiger partial charge in [-0.25, -0.2) is 0 Å². The van der Waals surface area contributed by atoms with E-state index in [1.54, 1.807) is 0 Å². The molecular formula is C17H25NO2. The quantitative estimate of drug-likeness (QED) is 0.643. The van der Waals surface area contributed by atoms with E-state index in [0.29, 0.717) is 6.42 Å². The Bertz CT molecular complexity index is 403. The first kappa shape index (κ1) is 16.4. The van der Waals surface area contributed by atoms with E-state index < -0.39 is 12.0 Å². The number of carboxylic acid groups (broad SMARTS) is 1. The lowest BCUT2D eigenvalue weighted by Crippen LogP contribution is -2.44. The molecule has 1 rings (SSSR count). The van der Waals surface area contributed by atoms with Crippen molar-refractivity contribution in [1.82, 2.24) is 5.32 Å². The van der Waals surface area contributed by atoms with E-state index in [1.807, 2.05) is 36.4 Å². The summed E-state index contributed by atoms with van der Waals surface area (Å²) in [5, 5.41) is 12.7. The highest BCUT2D eigenvalue weighted by Crippen LogP contribution is 2.10. The van der Waals surface area contributed by atoms with Crippen LogP contribution in [-0.2, 0) is 11.2 Å². The normalized spacial score (nSPS) is 13.7. The molecule has 0 bridgehead atoms. The highest BCUT2D eigenvalue weighted by atomic mass is 16.4. The number of allylic oxidation sites excluding steroid dienone is 1. The first-order chi connectivity index (χ1) is 9.67. The predicted molar refractivity (Wildman–Crippen MR) is 82.8 cm³/mol. The number of aliphatic carboxylic acids is 1. The van der Waals surface area contributed by atoms with Gasteiger partial charge in [-0.1, -0.05) is 49.8 Å². The van der Waals surface area contributed by atoms with Gasteiger partial charge in [0.25, 0.3) is 0 Å². The van der Waals surface area contributed by atoms with Crippen LogP contribution in [0.5, 0.6) is 0 Å². The molecule has 1 aromatic carbocycles. The van der Waals surface area contributed by atoms with Gasteiger partial charge in [0.2, 0.25) is 0 Å². The molecule has 2 N–H and O–H groups in total. The molecule has 0 fully saturated rings. The van der Waals surface area contributed by atoms with Gasteiger partial charge in [-0.2, -0.15) is 0 Å². The van der Waals surface area contributed by atoms with E-state index in [1.165, 1.54) is 0 Å². The Morgan fingerprint density at radius 3 is 2.60 bits per heavy atom. The van der Waals surface area contributed by atoms with Gasteiger partial charge in [-0.05, 0) is 31.2 Å². The van der Waals surface area contributed by atoms with Crippen LogP contribution in [0.25, 0.3) is 0 Å². The third-order valence-corrected chi connectivity index (χ3v) is 3.37. The van der Waals surface area contributed by atoms with Crippen molar-refractivity contribution in [2.24, 2.45) is 0 Å². The Morgan fingerprint density at radius 2 is 2.05 bits per heavy atom. The van der Waals surface area contributed by atoms with Gasteiger partial charge >= 0.3 is 5.97 Å². The van der Waals surface area contributed by atoms with Gasteiger partial charge in [0, 0.05) is 6.04 Å². The lowest BCUT2D eigenvalue weighted by atomic mass is 10.0. The summed E-state index contributed by atoms with van der Waals surface area (Å²) in [7, 11) is 0. The summed E-state index contributed by atoms with van der Waals surface area (Å²) in [6.45, 7) is 5.85. The lowest BCUT2D eigenvalue weighted by molar-refractivity contribution is -0.139. The minimum absolute atomic E-state index is 0.239. The van der Waals surface area contributed by atoms with Crippen LogP contribution in [0.2, 0.25) is 0 Å². The monoisotopic (exact) mass is 275 g/mol. The third kappa shape index (κ3) is 6.02. The molecule has 110 valence electrons. The van der Waals surface area contributed by atoms with Crippen molar-refractivity contribution in [1.29, 1.82) is 0 Å². The van der Waals surface area contributed by atoms with Crippen LogP contribution in [0.4, 0.5) is 0 Å². The van der Waals surface area contributed by atoms with Crippen molar-refractivity contribution in [2.75, 3.05) is 0 Å². The standard InChI is InChI=1S/C17H25NO2/c1-3-5-12-15(9-4-2)18-16(17(19)20)13-14-10-7-6-8-11-14/h3,6-8,10-11,15-16,18H,1,4-5,9,12-13H2,2H3,(H,19,20)/t15?,16-/m0/s1. The molecule has 0 radical (unpaired) electrons. The van der Waals surface area contributed by atoms with Crippen LogP contribution in [0.15, 0.2) is 43.0 Å². The molecule has 0 saturated heterocycles. The summed E-state index contributed by atoms with van der Waals surface area (Å²) >= 11 is 0. The molecule has 0 aliphatic heterocycles. The summed E-state index contributed by atoms with van der Waals surface area (Å²) in [6.07, 6.45) is 6.30. The molecule has 3 nitrogen and oxygen atoms in total. The summed E-state index contributed by atoms with van der Waals surface area (Å²) in [5.74, 6) is -0.784. The second kappa shape index (κ2) is 9.32. The number of carbonyl (C=O) groups is 1. The highest BCUT2D eigenvalue weighted by Gasteiger charge is 2.21. The van der Waals surface area contributed by atoms with Crippen LogP contribution in [0.3, 0.4) is 0 Å². The van der Waals surface area contributed by atoms with Crippen LogP contribution in [0, 0.1) is 0 Å². The second-order valence-corrected chi connectivity index (χ2v) is 5.10. The van der Waals surface area contributed by atoms with E-state index >= 15 is 0 Å². The van der Waals surface area contributed by atoms with Crippen molar-refractivity contribution in [3.8, 4) is 0 Å². The van der Waals surface area contributed by atoms with E-state index in [4.69, 9.17) is 0 Å². The zero-order valence-corrected chi connectivity index (χ0v) is 12.2. The average molecular weight is 275 g/mol. The second-order valence-electron chi connectivity index (χ2n) is 5.10. The van der Waals surface area contributed by atoms with E-state index in [2.05, 4.69) is 18.8 Å². The van der Waals surface area contributed by atoms with E-state index in [-0.39, 0.29) is 6.04 Å². The van der Waals surface area contributed by atoms with Crippen LogP contribution < -0.4 is 5.32 Å². The molecule has 0 aromatic heterocycles. The summed E-state index contributed by atoms with van der Waals surface area (Å²) in [5.41, 5.74) is 1.05. The first-order valence-electron chi connectivity index (χ1n) is 7.31. The largest absolute Gasteiger partial charge is 0.480 e. The Labute approximate surface area is 121 Å². The Balaban J connectivity index is 2.64. The lowest BCUT2D eigenvalue weighted by Gasteiger charge is -2.23. The minimum atomic E-state index is -0.784. The van der Waals surface area contributed by atoms with Gasteiger partial charge in [0.1, 0.15) is 6.04 Å². The minimum Gasteiger partial charge on any atom is -0.480 e.